The Bertz CT molecular complexity index is 3130. The fourth-order valence-corrected chi connectivity index (χ4v) is 10.4. The van der Waals surface area contributed by atoms with Gasteiger partial charge in [-0.05, 0) is 103 Å². The topological polar surface area (TPSA) is 3.24 Å². The third-order valence-corrected chi connectivity index (χ3v) is 13.0. The van der Waals surface area contributed by atoms with E-state index < -0.39 is 0 Å². The number of rotatable bonds is 5. The summed E-state index contributed by atoms with van der Waals surface area (Å²) in [6.07, 6.45) is 0. The lowest BCUT2D eigenvalue weighted by Crippen LogP contribution is -2.17. The van der Waals surface area contributed by atoms with E-state index >= 15 is 0 Å². The van der Waals surface area contributed by atoms with Crippen molar-refractivity contribution in [2.75, 3.05) is 4.90 Å². The summed E-state index contributed by atoms with van der Waals surface area (Å²) in [5.74, 6) is 0. The monoisotopic (exact) mass is 719 g/mol. The first-order valence-corrected chi connectivity index (χ1v) is 19.9. The van der Waals surface area contributed by atoms with Crippen LogP contribution in [0.15, 0.2) is 188 Å². The number of hydrogen-bond donors (Lipinski definition) is 0. The van der Waals surface area contributed by atoms with E-state index in [1.54, 1.807) is 0 Å². The Morgan fingerprint density at radius 2 is 1.05 bits per heavy atom. The number of benzene rings is 9. The smallest absolute Gasteiger partial charge is 0.0640 e. The van der Waals surface area contributed by atoms with Gasteiger partial charge in [0.2, 0.25) is 0 Å². The van der Waals surface area contributed by atoms with Gasteiger partial charge in [0.05, 0.1) is 16.1 Å². The maximum Gasteiger partial charge on any atom is 0.0640 e. The van der Waals surface area contributed by atoms with Crippen LogP contribution < -0.4 is 4.90 Å². The van der Waals surface area contributed by atoms with E-state index in [0.29, 0.717) is 0 Å². The van der Waals surface area contributed by atoms with Crippen molar-refractivity contribution in [2.45, 2.75) is 19.3 Å². The number of nitrogens with zero attached hydrogens (tertiary/aromatic N) is 1. The molecule has 1 aliphatic rings. The Morgan fingerprint density at radius 3 is 1.84 bits per heavy atom. The van der Waals surface area contributed by atoms with Crippen molar-refractivity contribution in [1.82, 2.24) is 0 Å². The van der Waals surface area contributed by atoms with Crippen molar-refractivity contribution in [2.24, 2.45) is 0 Å². The van der Waals surface area contributed by atoms with Gasteiger partial charge in [-0.25, -0.2) is 0 Å². The molecule has 0 unspecified atom stereocenters. The van der Waals surface area contributed by atoms with Gasteiger partial charge in [-0.3, -0.25) is 0 Å². The van der Waals surface area contributed by atoms with Crippen LogP contribution in [0.2, 0.25) is 0 Å². The van der Waals surface area contributed by atoms with Crippen LogP contribution in [-0.4, -0.2) is 0 Å². The molecule has 260 valence electrons. The number of hydrogen-bond acceptors (Lipinski definition) is 2. The second kappa shape index (κ2) is 12.3. The van der Waals surface area contributed by atoms with Gasteiger partial charge in [0.25, 0.3) is 0 Å². The Morgan fingerprint density at radius 1 is 0.436 bits per heavy atom. The molecule has 9 aromatic carbocycles. The average Bonchev–Trinajstić information content (AvgIpc) is 3.74. The minimum absolute atomic E-state index is 0.210. The molecule has 0 atom stereocenters. The first-order valence-electron chi connectivity index (χ1n) is 19.1. The number of anilines is 3. The van der Waals surface area contributed by atoms with Gasteiger partial charge in [-0.2, -0.15) is 0 Å². The van der Waals surface area contributed by atoms with Crippen molar-refractivity contribution in [1.29, 1.82) is 0 Å². The molecule has 11 rings (SSSR count). The van der Waals surface area contributed by atoms with Gasteiger partial charge in [-0.1, -0.05) is 159 Å². The molecule has 2 heteroatoms. The molecule has 0 N–H and O–H groups in total. The van der Waals surface area contributed by atoms with E-state index in [-0.39, 0.29) is 5.41 Å². The lowest BCUT2D eigenvalue weighted by atomic mass is 9.78. The highest BCUT2D eigenvalue weighted by Gasteiger charge is 2.40. The molecule has 1 aliphatic carbocycles. The van der Waals surface area contributed by atoms with Crippen molar-refractivity contribution < 1.29 is 0 Å². The van der Waals surface area contributed by atoms with Crippen LogP contribution in [0.4, 0.5) is 17.1 Å². The number of thiophene rings is 1. The van der Waals surface area contributed by atoms with E-state index in [2.05, 4.69) is 207 Å². The van der Waals surface area contributed by atoms with E-state index in [9.17, 15) is 0 Å². The fourth-order valence-electron chi connectivity index (χ4n) is 9.17. The van der Waals surface area contributed by atoms with Crippen molar-refractivity contribution >= 4 is 70.1 Å². The molecular formula is C53H37NS. The van der Waals surface area contributed by atoms with Crippen molar-refractivity contribution in [3.63, 3.8) is 0 Å². The van der Waals surface area contributed by atoms with Crippen LogP contribution in [-0.2, 0) is 5.41 Å². The fraction of sp³-hybridized carbons (Fsp3) is 0.0566. The van der Waals surface area contributed by atoms with Gasteiger partial charge in [0.15, 0.2) is 0 Å². The number of fused-ring (bicyclic) bond motifs is 8. The summed E-state index contributed by atoms with van der Waals surface area (Å²) in [5.41, 5.74) is 13.6. The summed E-state index contributed by atoms with van der Waals surface area (Å²) in [5, 5.41) is 7.63. The summed E-state index contributed by atoms with van der Waals surface area (Å²) >= 11 is 1.89. The first-order chi connectivity index (χ1) is 27.0. The molecule has 1 nitrogen and oxygen atoms in total. The second-order valence-corrected chi connectivity index (χ2v) is 16.4. The Balaban J connectivity index is 1.17. The van der Waals surface area contributed by atoms with Gasteiger partial charge in [0.1, 0.15) is 0 Å². The van der Waals surface area contributed by atoms with Crippen LogP contribution in [0.3, 0.4) is 0 Å². The van der Waals surface area contributed by atoms with Crippen LogP contribution in [0.1, 0.15) is 25.0 Å². The van der Waals surface area contributed by atoms with E-state index in [1.165, 1.54) is 97.6 Å². The van der Waals surface area contributed by atoms with E-state index in [4.69, 9.17) is 0 Å². The quantitative estimate of drug-likeness (QED) is 0.171. The van der Waals surface area contributed by atoms with Crippen LogP contribution in [0.25, 0.3) is 75.1 Å². The zero-order valence-corrected chi connectivity index (χ0v) is 31.6. The molecule has 1 aromatic heterocycles. The molecule has 0 saturated carbocycles. The third-order valence-electron chi connectivity index (χ3n) is 11.8. The highest BCUT2D eigenvalue weighted by Crippen LogP contribution is 2.58. The van der Waals surface area contributed by atoms with Crippen molar-refractivity contribution in [3.8, 4) is 33.4 Å². The lowest BCUT2D eigenvalue weighted by molar-refractivity contribution is 0.662. The van der Waals surface area contributed by atoms with E-state index in [0.717, 1.165) is 5.69 Å². The highest BCUT2D eigenvalue weighted by molar-refractivity contribution is 7.26. The largest absolute Gasteiger partial charge is 0.308 e. The predicted molar refractivity (Wildman–Crippen MR) is 237 cm³/mol. The van der Waals surface area contributed by atoms with E-state index in [1.807, 2.05) is 11.3 Å². The molecule has 1 heterocycles. The lowest BCUT2D eigenvalue weighted by Gasteiger charge is -2.31. The van der Waals surface area contributed by atoms with Gasteiger partial charge < -0.3 is 4.90 Å². The average molecular weight is 720 g/mol. The zero-order valence-electron chi connectivity index (χ0n) is 30.8. The zero-order chi connectivity index (χ0) is 36.7. The summed E-state index contributed by atoms with van der Waals surface area (Å²) in [6.45, 7) is 4.81. The molecule has 0 amide bonds. The SMILES string of the molecule is CC1(C)c2ccccc2-c2c(N(c3ccc(-c4ccc5ccccc5c4)cc3)c3cccc4c3sc3ccccc34)ccc(-c3ccc4ccccc4c3)c21. The van der Waals surface area contributed by atoms with Crippen LogP contribution >= 0.6 is 11.3 Å². The molecule has 0 radical (unpaired) electrons. The first kappa shape index (κ1) is 32.0. The predicted octanol–water partition coefficient (Wildman–Crippen LogP) is 15.5. The Hall–Kier alpha value is -6.48. The van der Waals surface area contributed by atoms with Crippen molar-refractivity contribution in [3.05, 3.63) is 199 Å². The molecule has 55 heavy (non-hydrogen) atoms. The third kappa shape index (κ3) is 4.99. The highest BCUT2D eigenvalue weighted by atomic mass is 32.1. The minimum atomic E-state index is -0.210. The second-order valence-electron chi connectivity index (χ2n) is 15.3. The van der Waals surface area contributed by atoms with Crippen LogP contribution in [0.5, 0.6) is 0 Å². The summed E-state index contributed by atoms with van der Waals surface area (Å²) in [7, 11) is 0. The van der Waals surface area contributed by atoms with Gasteiger partial charge >= 0.3 is 0 Å². The molecular weight excluding hydrogens is 683 g/mol. The molecule has 0 bridgehead atoms. The van der Waals surface area contributed by atoms with Crippen LogP contribution in [0, 0.1) is 0 Å². The summed E-state index contributed by atoms with van der Waals surface area (Å²) < 4.78 is 2.60. The molecule has 0 spiro atoms. The normalized spacial score (nSPS) is 13.1. The Labute approximate surface area is 325 Å². The maximum atomic E-state index is 2.53. The van der Waals surface area contributed by atoms with Gasteiger partial charge in [0, 0.05) is 32.1 Å². The molecule has 0 fully saturated rings. The maximum absolute atomic E-state index is 2.53. The minimum Gasteiger partial charge on any atom is -0.308 e. The summed E-state index contributed by atoms with van der Waals surface area (Å²) in [4.78, 5) is 2.53. The molecule has 0 aliphatic heterocycles. The standard InChI is InChI=1S/C53H37NS/c1-53(2)46-19-9-7-17-45(46)50-47(31-30-42(51(50)53)40-25-23-35-13-4-6-15-38(35)33-40)54(48-20-11-18-44-43-16-8-10-21-49(43)55-52(44)48)41-28-26-36(27-29-41)39-24-22-34-12-3-5-14-37(34)32-39/h3-33H,1-2H3. The Kier molecular flexibility index (Phi) is 7.14. The van der Waals surface area contributed by atoms with Gasteiger partial charge in [-0.15, -0.1) is 11.3 Å². The summed E-state index contributed by atoms with van der Waals surface area (Å²) in [6, 6.07) is 69.7. The molecule has 0 saturated heterocycles. The molecule has 10 aromatic rings.